The molecule has 0 aliphatic carbocycles. The van der Waals surface area contributed by atoms with Crippen molar-refractivity contribution >= 4 is 27.7 Å². The first-order valence-electron chi connectivity index (χ1n) is 5.28. The fraction of sp³-hybridized carbons (Fsp3) is 0.545. The average molecular weight is 289 g/mol. The van der Waals surface area contributed by atoms with E-state index < -0.39 is 0 Å². The molecule has 2 nitrogen and oxygen atoms in total. The lowest BCUT2D eigenvalue weighted by Gasteiger charge is -2.02. The zero-order valence-corrected chi connectivity index (χ0v) is 11.4. The van der Waals surface area contributed by atoms with Crippen molar-refractivity contribution in [3.8, 4) is 0 Å². The van der Waals surface area contributed by atoms with Crippen LogP contribution in [-0.2, 0) is 0 Å². The summed E-state index contributed by atoms with van der Waals surface area (Å²) in [5.74, 6) is 1.13. The minimum absolute atomic E-state index is 1.04. The Bertz CT molecular complexity index is 264. The molecule has 1 rings (SSSR count). The van der Waals surface area contributed by atoms with E-state index in [0.29, 0.717) is 0 Å². The Balaban J connectivity index is 2.07. The second-order valence-corrected chi connectivity index (χ2v) is 5.30. The fourth-order valence-electron chi connectivity index (χ4n) is 1.12. The van der Waals surface area contributed by atoms with Crippen LogP contribution in [0.5, 0.6) is 0 Å². The van der Waals surface area contributed by atoms with Gasteiger partial charge in [-0.15, -0.1) is 11.8 Å². The Morgan fingerprint density at radius 3 is 2.93 bits per heavy atom. The molecule has 0 bridgehead atoms. The van der Waals surface area contributed by atoms with Crippen molar-refractivity contribution in [3.63, 3.8) is 0 Å². The molecule has 1 heterocycles. The van der Waals surface area contributed by atoms with Crippen molar-refractivity contribution in [1.82, 2.24) is 10.3 Å². The van der Waals surface area contributed by atoms with Gasteiger partial charge in [-0.3, -0.25) is 0 Å². The molecule has 0 saturated carbocycles. The van der Waals surface area contributed by atoms with Gasteiger partial charge in [0.25, 0.3) is 0 Å². The predicted octanol–water partition coefficient (Wildman–Crippen LogP) is 3.33. The molecule has 84 valence electrons. The maximum absolute atomic E-state index is 4.31. The summed E-state index contributed by atoms with van der Waals surface area (Å²) >= 11 is 5.19. The highest BCUT2D eigenvalue weighted by molar-refractivity contribution is 9.10. The summed E-state index contributed by atoms with van der Waals surface area (Å²) in [6.45, 7) is 4.42. The average Bonchev–Trinajstić information content (AvgIpc) is 2.26. The molecule has 0 aliphatic rings. The topological polar surface area (TPSA) is 24.9 Å². The summed E-state index contributed by atoms with van der Waals surface area (Å²) < 4.78 is 1.04. The van der Waals surface area contributed by atoms with Gasteiger partial charge in [-0.05, 0) is 54.0 Å². The van der Waals surface area contributed by atoms with Gasteiger partial charge >= 0.3 is 0 Å². The minimum Gasteiger partial charge on any atom is -0.317 e. The van der Waals surface area contributed by atoms with Crippen LogP contribution in [-0.4, -0.2) is 23.8 Å². The monoisotopic (exact) mass is 288 g/mol. The molecule has 0 aromatic carbocycles. The molecular formula is C11H17BrN2S. The molecule has 4 heteroatoms. The number of hydrogen-bond donors (Lipinski definition) is 1. The number of pyridine rings is 1. The number of nitrogens with zero attached hydrogens (tertiary/aromatic N) is 1. The van der Waals surface area contributed by atoms with Gasteiger partial charge in [0.1, 0.15) is 0 Å². The molecule has 0 atom stereocenters. The number of halogens is 1. The maximum atomic E-state index is 4.31. The number of thioether (sulfide) groups is 1. The van der Waals surface area contributed by atoms with E-state index in [2.05, 4.69) is 33.2 Å². The van der Waals surface area contributed by atoms with Crippen molar-refractivity contribution < 1.29 is 0 Å². The smallest absolute Gasteiger partial charge is 0.0960 e. The Hall–Kier alpha value is -0.0600. The first kappa shape index (κ1) is 13.0. The zero-order valence-electron chi connectivity index (χ0n) is 9.00. The molecule has 0 fully saturated rings. The highest BCUT2D eigenvalue weighted by atomic mass is 79.9. The van der Waals surface area contributed by atoms with Crippen LogP contribution in [0.2, 0.25) is 0 Å². The molecule has 0 spiro atoms. The predicted molar refractivity (Wildman–Crippen MR) is 70.4 cm³/mol. The third-order valence-electron chi connectivity index (χ3n) is 1.87. The van der Waals surface area contributed by atoms with E-state index in [9.17, 15) is 0 Å². The third-order valence-corrected chi connectivity index (χ3v) is 3.37. The molecule has 0 aliphatic heterocycles. The van der Waals surface area contributed by atoms with Crippen molar-refractivity contribution in [2.75, 3.05) is 18.8 Å². The number of hydrogen-bond acceptors (Lipinski definition) is 3. The summed E-state index contributed by atoms with van der Waals surface area (Å²) in [6, 6.07) is 4.08. The van der Waals surface area contributed by atoms with Crippen molar-refractivity contribution in [2.24, 2.45) is 0 Å². The van der Waals surface area contributed by atoms with Crippen molar-refractivity contribution in [2.45, 2.75) is 24.8 Å². The van der Waals surface area contributed by atoms with Gasteiger partial charge in [0.05, 0.1) is 5.03 Å². The van der Waals surface area contributed by atoms with E-state index in [-0.39, 0.29) is 0 Å². The molecule has 1 N–H and O–H groups in total. The second-order valence-electron chi connectivity index (χ2n) is 3.27. The van der Waals surface area contributed by atoms with Crippen LogP contribution in [0, 0.1) is 0 Å². The lowest BCUT2D eigenvalue weighted by atomic mass is 10.4. The van der Waals surface area contributed by atoms with Gasteiger partial charge in [-0.25, -0.2) is 4.98 Å². The van der Waals surface area contributed by atoms with E-state index in [4.69, 9.17) is 0 Å². The van der Waals surface area contributed by atoms with Gasteiger partial charge in [-0.1, -0.05) is 6.92 Å². The van der Waals surface area contributed by atoms with Crippen LogP contribution < -0.4 is 5.32 Å². The third kappa shape index (κ3) is 6.17. The van der Waals surface area contributed by atoms with Gasteiger partial charge in [0, 0.05) is 16.4 Å². The fourth-order valence-corrected chi connectivity index (χ4v) is 2.15. The Labute approximate surface area is 104 Å². The Morgan fingerprint density at radius 1 is 1.40 bits per heavy atom. The molecule has 1 aromatic heterocycles. The van der Waals surface area contributed by atoms with E-state index in [1.807, 2.05) is 30.1 Å². The van der Waals surface area contributed by atoms with E-state index in [0.717, 1.165) is 28.3 Å². The first-order valence-corrected chi connectivity index (χ1v) is 7.06. The summed E-state index contributed by atoms with van der Waals surface area (Å²) in [7, 11) is 0. The SMILES string of the molecule is CCCNCCCSc1ccc(Br)cn1. The largest absolute Gasteiger partial charge is 0.317 e. The number of aromatic nitrogens is 1. The highest BCUT2D eigenvalue weighted by Gasteiger charge is 1.95. The normalized spacial score (nSPS) is 10.5. The van der Waals surface area contributed by atoms with Gasteiger partial charge in [0.2, 0.25) is 0 Å². The Kier molecular flexibility index (Phi) is 7.05. The zero-order chi connectivity index (χ0) is 10.9. The molecule has 1 aromatic rings. The lowest BCUT2D eigenvalue weighted by Crippen LogP contribution is -2.16. The van der Waals surface area contributed by atoms with Crippen molar-refractivity contribution in [1.29, 1.82) is 0 Å². The standard InChI is InChI=1S/C11H17BrN2S/c1-2-6-13-7-3-8-15-11-5-4-10(12)9-14-11/h4-5,9,13H,2-3,6-8H2,1H3. The molecule has 15 heavy (non-hydrogen) atoms. The summed E-state index contributed by atoms with van der Waals surface area (Å²) in [6.07, 6.45) is 4.25. The summed E-state index contributed by atoms with van der Waals surface area (Å²) in [5.41, 5.74) is 0. The maximum Gasteiger partial charge on any atom is 0.0960 e. The van der Waals surface area contributed by atoms with Crippen molar-refractivity contribution in [3.05, 3.63) is 22.8 Å². The number of nitrogens with one attached hydrogen (secondary N) is 1. The Morgan fingerprint density at radius 2 is 2.27 bits per heavy atom. The van der Waals surface area contributed by atoms with Gasteiger partial charge in [0.15, 0.2) is 0 Å². The van der Waals surface area contributed by atoms with Crippen LogP contribution in [0.3, 0.4) is 0 Å². The second kappa shape index (κ2) is 8.13. The van der Waals surface area contributed by atoms with Gasteiger partial charge < -0.3 is 5.32 Å². The summed E-state index contributed by atoms with van der Waals surface area (Å²) in [4.78, 5) is 4.31. The van der Waals surface area contributed by atoms with Crippen LogP contribution >= 0.6 is 27.7 Å². The van der Waals surface area contributed by atoms with Gasteiger partial charge in [-0.2, -0.15) is 0 Å². The molecule has 0 unspecified atom stereocenters. The number of rotatable bonds is 7. The van der Waals surface area contributed by atoms with E-state index in [1.165, 1.54) is 12.8 Å². The molecule has 0 saturated heterocycles. The molecule has 0 radical (unpaired) electrons. The van der Waals surface area contributed by atoms with Crippen LogP contribution in [0.1, 0.15) is 19.8 Å². The first-order chi connectivity index (χ1) is 7.33. The van der Waals surface area contributed by atoms with E-state index in [1.54, 1.807) is 0 Å². The summed E-state index contributed by atoms with van der Waals surface area (Å²) in [5, 5.41) is 4.49. The lowest BCUT2D eigenvalue weighted by molar-refractivity contribution is 0.664. The van der Waals surface area contributed by atoms with Crippen LogP contribution in [0.4, 0.5) is 0 Å². The highest BCUT2D eigenvalue weighted by Crippen LogP contribution is 2.17. The quantitative estimate of drug-likeness (QED) is 0.615. The van der Waals surface area contributed by atoms with Crippen LogP contribution in [0.15, 0.2) is 27.8 Å². The molecular weight excluding hydrogens is 272 g/mol. The van der Waals surface area contributed by atoms with E-state index >= 15 is 0 Å². The minimum atomic E-state index is 1.04. The van der Waals surface area contributed by atoms with Crippen LogP contribution in [0.25, 0.3) is 0 Å². The molecule has 0 amide bonds.